The van der Waals surface area contributed by atoms with Gasteiger partial charge in [-0.15, -0.1) is 0 Å². The second-order valence-corrected chi connectivity index (χ2v) is 4.47. The van der Waals surface area contributed by atoms with Gasteiger partial charge in [-0.1, -0.05) is 11.6 Å². The summed E-state index contributed by atoms with van der Waals surface area (Å²) in [5, 5.41) is 1.09. The van der Waals surface area contributed by atoms with Crippen molar-refractivity contribution in [2.75, 3.05) is 11.5 Å². The maximum atomic E-state index is 11.2. The molecule has 0 saturated carbocycles. The number of rotatable bonds is 2. The Morgan fingerprint density at radius 1 is 1.29 bits per heavy atom. The molecule has 0 aromatic carbocycles. The Balaban J connectivity index is 2.37. The van der Waals surface area contributed by atoms with Crippen LogP contribution in [0.3, 0.4) is 0 Å². The molecule has 2 heterocycles. The molecule has 0 spiro atoms. The Morgan fingerprint density at radius 2 is 2.06 bits per heavy atom. The highest BCUT2D eigenvalue weighted by atomic mass is 35.5. The van der Waals surface area contributed by atoms with Crippen molar-refractivity contribution in [2.45, 2.75) is 10.2 Å². The highest BCUT2D eigenvalue weighted by Crippen LogP contribution is 2.28. The van der Waals surface area contributed by atoms with Gasteiger partial charge in [0.15, 0.2) is 5.16 Å². The van der Waals surface area contributed by atoms with Gasteiger partial charge in [-0.2, -0.15) is 0 Å². The van der Waals surface area contributed by atoms with Crippen molar-refractivity contribution in [1.29, 1.82) is 0 Å². The third-order valence-electron chi connectivity index (χ3n) is 1.79. The molecule has 17 heavy (non-hydrogen) atoms. The van der Waals surface area contributed by atoms with E-state index in [1.165, 1.54) is 6.07 Å². The highest BCUT2D eigenvalue weighted by Gasteiger charge is 2.07. The predicted octanol–water partition coefficient (Wildman–Crippen LogP) is 1.13. The summed E-state index contributed by atoms with van der Waals surface area (Å²) in [5.74, 6) is 0.136. The average Bonchev–Trinajstić information content (AvgIpc) is 2.22. The van der Waals surface area contributed by atoms with E-state index < -0.39 is 0 Å². The Bertz CT molecular complexity index is 615. The molecule has 0 aliphatic carbocycles. The quantitative estimate of drug-likeness (QED) is 0.557. The maximum Gasteiger partial charge on any atom is 0.253 e. The van der Waals surface area contributed by atoms with Crippen molar-refractivity contribution in [1.82, 2.24) is 15.0 Å². The van der Waals surface area contributed by atoms with Gasteiger partial charge in [0.25, 0.3) is 5.56 Å². The number of nitrogens with one attached hydrogen (secondary N) is 1. The van der Waals surface area contributed by atoms with Gasteiger partial charge in [0.1, 0.15) is 16.0 Å². The van der Waals surface area contributed by atoms with Crippen LogP contribution in [0.1, 0.15) is 0 Å². The number of H-pyrrole nitrogens is 1. The molecule has 0 saturated heterocycles. The van der Waals surface area contributed by atoms with Crippen molar-refractivity contribution in [3.8, 4) is 0 Å². The first-order valence-corrected chi connectivity index (χ1v) is 5.71. The molecule has 2 aromatic heterocycles. The minimum atomic E-state index is -0.333. The smallest absolute Gasteiger partial charge is 0.253 e. The third kappa shape index (κ3) is 2.89. The second-order valence-electron chi connectivity index (χ2n) is 3.11. The number of pyridine rings is 1. The molecular weight excluding hydrogens is 262 g/mol. The van der Waals surface area contributed by atoms with Crippen LogP contribution in [-0.2, 0) is 0 Å². The topological polar surface area (TPSA) is 111 Å². The van der Waals surface area contributed by atoms with E-state index in [-0.39, 0.29) is 11.4 Å². The van der Waals surface area contributed by atoms with Crippen LogP contribution in [-0.4, -0.2) is 15.0 Å². The van der Waals surface area contributed by atoms with Gasteiger partial charge in [-0.3, -0.25) is 4.79 Å². The van der Waals surface area contributed by atoms with Crippen LogP contribution < -0.4 is 17.0 Å². The van der Waals surface area contributed by atoms with E-state index in [1.54, 1.807) is 12.1 Å². The molecule has 0 bridgehead atoms. The fourth-order valence-corrected chi connectivity index (χ4v) is 2.12. The lowest BCUT2D eigenvalue weighted by atomic mass is 10.4. The number of aromatic amines is 1. The molecular formula is C9H8ClN5OS. The van der Waals surface area contributed by atoms with Crippen LogP contribution in [0.4, 0.5) is 11.5 Å². The van der Waals surface area contributed by atoms with E-state index in [0.29, 0.717) is 21.0 Å². The first kappa shape index (κ1) is 11.7. The van der Waals surface area contributed by atoms with Crippen LogP contribution in [0.15, 0.2) is 33.2 Å². The van der Waals surface area contributed by atoms with E-state index in [1.807, 2.05) is 0 Å². The highest BCUT2D eigenvalue weighted by molar-refractivity contribution is 7.99. The number of aromatic nitrogens is 3. The van der Waals surface area contributed by atoms with Crippen molar-refractivity contribution >= 4 is 34.9 Å². The summed E-state index contributed by atoms with van der Waals surface area (Å²) in [6, 6.07) is 4.40. The summed E-state index contributed by atoms with van der Waals surface area (Å²) in [6.45, 7) is 0. The van der Waals surface area contributed by atoms with Gasteiger partial charge in [-0.25, -0.2) is 9.97 Å². The van der Waals surface area contributed by atoms with Gasteiger partial charge in [-0.05, 0) is 23.9 Å². The number of nitrogen functional groups attached to an aromatic ring is 2. The fraction of sp³-hybridized carbons (Fsp3) is 0. The molecule has 0 aliphatic heterocycles. The van der Waals surface area contributed by atoms with Gasteiger partial charge in [0.2, 0.25) is 0 Å². The zero-order valence-electron chi connectivity index (χ0n) is 8.48. The number of hydrogen-bond donors (Lipinski definition) is 3. The molecule has 5 N–H and O–H groups in total. The summed E-state index contributed by atoms with van der Waals surface area (Å²) in [5.41, 5.74) is 11.3. The molecule has 2 aromatic rings. The number of nitrogens with zero attached hydrogens (tertiary/aromatic N) is 2. The zero-order valence-corrected chi connectivity index (χ0v) is 10.0. The lowest BCUT2D eigenvalue weighted by Gasteiger charge is -2.04. The van der Waals surface area contributed by atoms with Crippen LogP contribution in [0.2, 0.25) is 5.15 Å². The zero-order chi connectivity index (χ0) is 12.4. The van der Waals surface area contributed by atoms with Gasteiger partial charge in [0, 0.05) is 6.07 Å². The van der Waals surface area contributed by atoms with Crippen LogP contribution >= 0.6 is 23.4 Å². The standard InChI is InChI=1S/C9H8ClN5OS/c10-5-2-1-4(11)8(13-5)17-9-14-6(12)3-7(16)15-9/h1-3H,11H2,(H3,12,14,15,16). The van der Waals surface area contributed by atoms with Crippen molar-refractivity contribution < 1.29 is 0 Å². The third-order valence-corrected chi connectivity index (χ3v) is 2.91. The molecule has 0 fully saturated rings. The van der Waals surface area contributed by atoms with Gasteiger partial charge < -0.3 is 16.5 Å². The SMILES string of the molecule is Nc1cc(=O)[nH]c(Sc2nc(Cl)ccc2N)n1. The molecule has 0 aliphatic rings. The molecule has 6 nitrogen and oxygen atoms in total. The number of nitrogens with two attached hydrogens (primary N) is 2. The Hall–Kier alpha value is -1.73. The van der Waals surface area contributed by atoms with Crippen LogP contribution in [0, 0.1) is 0 Å². The van der Waals surface area contributed by atoms with Gasteiger partial charge >= 0.3 is 0 Å². The largest absolute Gasteiger partial charge is 0.397 e. The van der Waals surface area contributed by atoms with E-state index in [9.17, 15) is 4.79 Å². The Kier molecular flexibility index (Phi) is 3.21. The fourth-order valence-electron chi connectivity index (χ4n) is 1.10. The summed E-state index contributed by atoms with van der Waals surface area (Å²) in [7, 11) is 0. The van der Waals surface area contributed by atoms with E-state index in [4.69, 9.17) is 23.1 Å². The molecule has 0 amide bonds. The van der Waals surface area contributed by atoms with E-state index in [0.717, 1.165) is 11.8 Å². The first-order chi connectivity index (χ1) is 8.04. The maximum absolute atomic E-state index is 11.2. The van der Waals surface area contributed by atoms with Crippen molar-refractivity contribution in [3.63, 3.8) is 0 Å². The minimum Gasteiger partial charge on any atom is -0.397 e. The molecule has 0 radical (unpaired) electrons. The minimum absolute atomic E-state index is 0.136. The van der Waals surface area contributed by atoms with E-state index >= 15 is 0 Å². The molecule has 2 rings (SSSR count). The molecule has 0 unspecified atom stereocenters. The summed E-state index contributed by atoms with van der Waals surface area (Å²) >= 11 is 6.84. The van der Waals surface area contributed by atoms with Crippen LogP contribution in [0.5, 0.6) is 0 Å². The normalized spacial score (nSPS) is 10.4. The molecule has 0 atom stereocenters. The average molecular weight is 270 g/mol. The second kappa shape index (κ2) is 4.64. The van der Waals surface area contributed by atoms with Gasteiger partial charge in [0.05, 0.1) is 5.69 Å². The van der Waals surface area contributed by atoms with E-state index in [2.05, 4.69) is 15.0 Å². The monoisotopic (exact) mass is 269 g/mol. The Morgan fingerprint density at radius 3 is 2.76 bits per heavy atom. The molecule has 8 heteroatoms. The van der Waals surface area contributed by atoms with Crippen LogP contribution in [0.25, 0.3) is 0 Å². The predicted molar refractivity (Wildman–Crippen MR) is 67.1 cm³/mol. The summed E-state index contributed by atoms with van der Waals surface area (Å²) < 4.78 is 0. The Labute approximate surface area is 105 Å². The summed E-state index contributed by atoms with van der Waals surface area (Å²) in [4.78, 5) is 21.7. The lowest BCUT2D eigenvalue weighted by Crippen LogP contribution is -2.09. The van der Waals surface area contributed by atoms with Crippen molar-refractivity contribution in [2.24, 2.45) is 0 Å². The lowest BCUT2D eigenvalue weighted by molar-refractivity contribution is 0.941. The number of halogens is 1. The number of hydrogen-bond acceptors (Lipinski definition) is 6. The summed E-state index contributed by atoms with van der Waals surface area (Å²) in [6.07, 6.45) is 0. The first-order valence-electron chi connectivity index (χ1n) is 4.51. The van der Waals surface area contributed by atoms with Crippen molar-refractivity contribution in [3.05, 3.63) is 33.7 Å². The number of anilines is 2. The molecule has 88 valence electrons.